The molecule has 1 amide bonds. The molecule has 0 saturated carbocycles. The molecule has 2 nitrogen and oxygen atoms in total. The monoisotopic (exact) mass is 227 g/mol. The van der Waals surface area contributed by atoms with Crippen molar-refractivity contribution in [3.05, 3.63) is 42.5 Å². The SMILES string of the molecule is CC(C)CC(=O)Nc1cccc2ccccc12. The third kappa shape index (κ3) is 2.84. The summed E-state index contributed by atoms with van der Waals surface area (Å²) in [5, 5.41) is 5.22. The van der Waals surface area contributed by atoms with Crippen molar-refractivity contribution in [3.63, 3.8) is 0 Å². The number of carbonyl (C=O) groups excluding carboxylic acids is 1. The zero-order chi connectivity index (χ0) is 12.3. The second-order valence-corrected chi connectivity index (χ2v) is 4.67. The minimum absolute atomic E-state index is 0.0800. The molecule has 88 valence electrons. The van der Waals surface area contributed by atoms with Crippen LogP contribution in [0.4, 0.5) is 5.69 Å². The molecule has 0 saturated heterocycles. The lowest BCUT2D eigenvalue weighted by atomic mass is 10.1. The first-order valence-corrected chi connectivity index (χ1v) is 5.94. The summed E-state index contributed by atoms with van der Waals surface area (Å²) >= 11 is 0. The quantitative estimate of drug-likeness (QED) is 0.848. The van der Waals surface area contributed by atoms with Gasteiger partial charge in [-0.3, -0.25) is 4.79 Å². The topological polar surface area (TPSA) is 29.1 Å². The highest BCUT2D eigenvalue weighted by Crippen LogP contribution is 2.23. The maximum atomic E-state index is 11.8. The molecule has 17 heavy (non-hydrogen) atoms. The van der Waals surface area contributed by atoms with Crippen molar-refractivity contribution in [3.8, 4) is 0 Å². The van der Waals surface area contributed by atoms with E-state index in [1.165, 1.54) is 0 Å². The van der Waals surface area contributed by atoms with Crippen LogP contribution in [0.5, 0.6) is 0 Å². The minimum Gasteiger partial charge on any atom is -0.326 e. The highest BCUT2D eigenvalue weighted by molar-refractivity contribution is 6.02. The fourth-order valence-corrected chi connectivity index (χ4v) is 1.91. The Bertz CT molecular complexity index is 526. The Balaban J connectivity index is 2.27. The van der Waals surface area contributed by atoms with Crippen LogP contribution in [0.3, 0.4) is 0 Å². The van der Waals surface area contributed by atoms with E-state index in [0.29, 0.717) is 12.3 Å². The van der Waals surface area contributed by atoms with Crippen LogP contribution in [-0.2, 0) is 4.79 Å². The lowest BCUT2D eigenvalue weighted by molar-refractivity contribution is -0.116. The van der Waals surface area contributed by atoms with Crippen molar-refractivity contribution < 1.29 is 4.79 Å². The summed E-state index contributed by atoms with van der Waals surface area (Å²) in [7, 11) is 0. The summed E-state index contributed by atoms with van der Waals surface area (Å²) in [6.45, 7) is 4.09. The lowest BCUT2D eigenvalue weighted by Crippen LogP contribution is -2.13. The third-order valence-electron chi connectivity index (χ3n) is 2.66. The Morgan fingerprint density at radius 2 is 1.82 bits per heavy atom. The maximum Gasteiger partial charge on any atom is 0.224 e. The van der Waals surface area contributed by atoms with Gasteiger partial charge in [0, 0.05) is 17.5 Å². The van der Waals surface area contributed by atoms with Gasteiger partial charge in [-0.2, -0.15) is 0 Å². The fourth-order valence-electron chi connectivity index (χ4n) is 1.91. The summed E-state index contributed by atoms with van der Waals surface area (Å²) in [5.74, 6) is 0.460. The molecule has 0 aromatic heterocycles. The molecule has 2 aromatic rings. The summed E-state index contributed by atoms with van der Waals surface area (Å²) in [6, 6.07) is 14.0. The van der Waals surface area contributed by atoms with Crippen molar-refractivity contribution >= 4 is 22.4 Å². The van der Waals surface area contributed by atoms with Crippen molar-refractivity contribution in [2.75, 3.05) is 5.32 Å². The summed E-state index contributed by atoms with van der Waals surface area (Å²) in [5.41, 5.74) is 0.897. The van der Waals surface area contributed by atoms with Crippen LogP contribution in [0.1, 0.15) is 20.3 Å². The van der Waals surface area contributed by atoms with Gasteiger partial charge in [0.15, 0.2) is 0 Å². The van der Waals surface area contributed by atoms with Crippen molar-refractivity contribution in [1.29, 1.82) is 0 Å². The molecule has 0 heterocycles. The van der Waals surface area contributed by atoms with Gasteiger partial charge in [-0.05, 0) is 17.4 Å². The van der Waals surface area contributed by atoms with Crippen LogP contribution >= 0.6 is 0 Å². The average Bonchev–Trinajstić information content (AvgIpc) is 2.28. The van der Waals surface area contributed by atoms with Gasteiger partial charge in [0.25, 0.3) is 0 Å². The molecule has 2 rings (SSSR count). The first-order chi connectivity index (χ1) is 8.16. The Morgan fingerprint density at radius 3 is 2.59 bits per heavy atom. The van der Waals surface area contributed by atoms with Gasteiger partial charge >= 0.3 is 0 Å². The smallest absolute Gasteiger partial charge is 0.224 e. The van der Waals surface area contributed by atoms with Gasteiger partial charge in [0.05, 0.1) is 0 Å². The van der Waals surface area contributed by atoms with Gasteiger partial charge in [-0.15, -0.1) is 0 Å². The molecule has 1 N–H and O–H groups in total. The number of hydrogen-bond acceptors (Lipinski definition) is 1. The molecule has 0 bridgehead atoms. The molecule has 0 aliphatic carbocycles. The van der Waals surface area contributed by atoms with E-state index in [0.717, 1.165) is 16.5 Å². The van der Waals surface area contributed by atoms with Crippen LogP contribution in [-0.4, -0.2) is 5.91 Å². The molecule has 0 fully saturated rings. The van der Waals surface area contributed by atoms with Gasteiger partial charge in [-0.1, -0.05) is 50.2 Å². The first kappa shape index (κ1) is 11.6. The van der Waals surface area contributed by atoms with E-state index in [9.17, 15) is 4.79 Å². The number of fused-ring (bicyclic) bond motifs is 1. The summed E-state index contributed by atoms with van der Waals surface area (Å²) in [4.78, 5) is 11.8. The van der Waals surface area contributed by atoms with E-state index >= 15 is 0 Å². The van der Waals surface area contributed by atoms with E-state index in [1.54, 1.807) is 0 Å². The van der Waals surface area contributed by atoms with Gasteiger partial charge in [0.1, 0.15) is 0 Å². The second-order valence-electron chi connectivity index (χ2n) is 4.67. The Labute approximate surface area is 102 Å². The molecular weight excluding hydrogens is 210 g/mol. The van der Waals surface area contributed by atoms with Crippen LogP contribution in [0.2, 0.25) is 0 Å². The minimum atomic E-state index is 0.0800. The molecular formula is C15H17NO. The number of rotatable bonds is 3. The van der Waals surface area contributed by atoms with Crippen molar-refractivity contribution in [2.24, 2.45) is 5.92 Å². The van der Waals surface area contributed by atoms with Crippen molar-refractivity contribution in [2.45, 2.75) is 20.3 Å². The largest absolute Gasteiger partial charge is 0.326 e. The number of anilines is 1. The normalized spacial score (nSPS) is 10.8. The van der Waals surface area contributed by atoms with E-state index < -0.39 is 0 Å². The maximum absolute atomic E-state index is 11.8. The molecule has 0 aliphatic rings. The fraction of sp³-hybridized carbons (Fsp3) is 0.267. The van der Waals surface area contributed by atoms with Gasteiger partial charge in [0.2, 0.25) is 5.91 Å². The highest BCUT2D eigenvalue weighted by atomic mass is 16.1. The predicted octanol–water partition coefficient (Wildman–Crippen LogP) is 3.82. The number of nitrogens with one attached hydrogen (secondary N) is 1. The molecule has 0 aliphatic heterocycles. The third-order valence-corrected chi connectivity index (χ3v) is 2.66. The van der Waals surface area contributed by atoms with E-state index in [-0.39, 0.29) is 5.91 Å². The van der Waals surface area contributed by atoms with Gasteiger partial charge in [-0.25, -0.2) is 0 Å². The van der Waals surface area contributed by atoms with E-state index in [4.69, 9.17) is 0 Å². The molecule has 0 spiro atoms. The van der Waals surface area contributed by atoms with Crippen LogP contribution in [0.15, 0.2) is 42.5 Å². The van der Waals surface area contributed by atoms with Crippen molar-refractivity contribution in [1.82, 2.24) is 0 Å². The van der Waals surface area contributed by atoms with E-state index in [2.05, 4.69) is 5.32 Å². The summed E-state index contributed by atoms with van der Waals surface area (Å²) < 4.78 is 0. The highest BCUT2D eigenvalue weighted by Gasteiger charge is 2.07. The van der Waals surface area contributed by atoms with Crippen LogP contribution in [0, 0.1) is 5.92 Å². The molecule has 2 heteroatoms. The Morgan fingerprint density at radius 1 is 1.12 bits per heavy atom. The molecule has 0 radical (unpaired) electrons. The molecule has 0 unspecified atom stereocenters. The van der Waals surface area contributed by atoms with E-state index in [1.807, 2.05) is 56.3 Å². The predicted molar refractivity (Wildman–Crippen MR) is 72.0 cm³/mol. The zero-order valence-electron chi connectivity index (χ0n) is 10.2. The second kappa shape index (κ2) is 5.00. The van der Waals surface area contributed by atoms with Crippen LogP contribution < -0.4 is 5.32 Å². The Hall–Kier alpha value is -1.83. The van der Waals surface area contributed by atoms with Gasteiger partial charge < -0.3 is 5.32 Å². The molecule has 0 atom stereocenters. The zero-order valence-corrected chi connectivity index (χ0v) is 10.2. The van der Waals surface area contributed by atoms with Crippen LogP contribution in [0.25, 0.3) is 10.8 Å². The Kier molecular flexibility index (Phi) is 3.43. The number of benzene rings is 2. The number of hydrogen-bond donors (Lipinski definition) is 1. The number of carbonyl (C=O) groups is 1. The average molecular weight is 227 g/mol. The molecule has 2 aromatic carbocycles. The first-order valence-electron chi connectivity index (χ1n) is 5.94. The standard InChI is InChI=1S/C15H17NO/c1-11(2)10-15(17)16-14-9-5-7-12-6-3-4-8-13(12)14/h3-9,11H,10H2,1-2H3,(H,16,17). The summed E-state index contributed by atoms with van der Waals surface area (Å²) in [6.07, 6.45) is 0.559. The lowest BCUT2D eigenvalue weighted by Gasteiger charge is -2.09. The number of amides is 1.